The standard InChI is InChI=1S/C13H13F3N2O3/c1-7-8(2)17-12(20)18(11(7)19)9-3-5-10(6-4-9)21-13(14,15)16/h3-8H,1-2H3,(H,17,20). The molecule has 2 atom stereocenters. The van der Waals surface area contributed by atoms with Crippen molar-refractivity contribution in [3.05, 3.63) is 24.3 Å². The van der Waals surface area contributed by atoms with Gasteiger partial charge in [-0.25, -0.2) is 9.69 Å². The van der Waals surface area contributed by atoms with E-state index in [9.17, 15) is 22.8 Å². The topological polar surface area (TPSA) is 58.6 Å². The van der Waals surface area contributed by atoms with Crippen molar-refractivity contribution in [2.75, 3.05) is 4.90 Å². The number of carbonyl (C=O) groups excluding carboxylic acids is 2. The first-order valence-corrected chi connectivity index (χ1v) is 6.19. The van der Waals surface area contributed by atoms with E-state index in [0.29, 0.717) is 0 Å². The number of urea groups is 1. The predicted octanol–water partition coefficient (Wildman–Crippen LogP) is 2.67. The van der Waals surface area contributed by atoms with Gasteiger partial charge >= 0.3 is 12.4 Å². The van der Waals surface area contributed by atoms with Crippen LogP contribution in [-0.4, -0.2) is 24.3 Å². The first kappa shape index (κ1) is 15.1. The summed E-state index contributed by atoms with van der Waals surface area (Å²) in [5, 5.41) is 2.62. The average molecular weight is 302 g/mol. The zero-order chi connectivity index (χ0) is 15.8. The Labute approximate surface area is 118 Å². The van der Waals surface area contributed by atoms with E-state index in [-0.39, 0.29) is 11.7 Å². The number of alkyl halides is 3. The number of anilines is 1. The third-order valence-electron chi connectivity index (χ3n) is 3.24. The van der Waals surface area contributed by atoms with Gasteiger partial charge in [0, 0.05) is 6.04 Å². The number of nitrogens with one attached hydrogen (secondary N) is 1. The third kappa shape index (κ3) is 3.26. The van der Waals surface area contributed by atoms with Crippen LogP contribution in [0.4, 0.5) is 23.7 Å². The molecule has 21 heavy (non-hydrogen) atoms. The van der Waals surface area contributed by atoms with Gasteiger partial charge in [0.1, 0.15) is 5.75 Å². The quantitative estimate of drug-likeness (QED) is 0.913. The van der Waals surface area contributed by atoms with Crippen LogP contribution in [0.25, 0.3) is 0 Å². The summed E-state index contributed by atoms with van der Waals surface area (Å²) < 4.78 is 39.9. The van der Waals surface area contributed by atoms with Crippen molar-refractivity contribution < 1.29 is 27.5 Å². The molecule has 1 fully saturated rings. The number of ether oxygens (including phenoxy) is 1. The number of carbonyl (C=O) groups is 2. The molecule has 0 aromatic heterocycles. The van der Waals surface area contributed by atoms with Crippen LogP contribution in [0.5, 0.6) is 5.75 Å². The zero-order valence-corrected chi connectivity index (χ0v) is 11.3. The lowest BCUT2D eigenvalue weighted by atomic mass is 9.99. The summed E-state index contributed by atoms with van der Waals surface area (Å²) in [5.74, 6) is -1.25. The lowest BCUT2D eigenvalue weighted by molar-refractivity contribution is -0.274. The van der Waals surface area contributed by atoms with Crippen molar-refractivity contribution >= 4 is 17.6 Å². The van der Waals surface area contributed by atoms with Gasteiger partial charge in [-0.3, -0.25) is 4.79 Å². The minimum Gasteiger partial charge on any atom is -0.406 e. The normalized spacial score (nSPS) is 23.0. The molecule has 0 radical (unpaired) electrons. The van der Waals surface area contributed by atoms with Crippen LogP contribution in [0.15, 0.2) is 24.3 Å². The maximum Gasteiger partial charge on any atom is 0.573 e. The van der Waals surface area contributed by atoms with Gasteiger partial charge in [0.15, 0.2) is 0 Å². The summed E-state index contributed by atoms with van der Waals surface area (Å²) in [6.07, 6.45) is -4.79. The Balaban J connectivity index is 2.22. The zero-order valence-electron chi connectivity index (χ0n) is 11.3. The number of rotatable bonds is 2. The second-order valence-corrected chi connectivity index (χ2v) is 4.74. The smallest absolute Gasteiger partial charge is 0.406 e. The minimum atomic E-state index is -4.79. The first-order chi connectivity index (χ1) is 9.69. The van der Waals surface area contributed by atoms with Crippen LogP contribution in [0.1, 0.15) is 13.8 Å². The van der Waals surface area contributed by atoms with Gasteiger partial charge in [0.25, 0.3) is 0 Å². The van der Waals surface area contributed by atoms with E-state index in [0.717, 1.165) is 17.0 Å². The number of halogens is 3. The molecule has 0 bridgehead atoms. The highest BCUT2D eigenvalue weighted by Crippen LogP contribution is 2.27. The summed E-state index contributed by atoms with van der Waals surface area (Å²) >= 11 is 0. The molecule has 8 heteroatoms. The maximum atomic E-state index is 12.1. The molecule has 2 unspecified atom stereocenters. The molecule has 1 aromatic carbocycles. The summed E-state index contributed by atoms with van der Waals surface area (Å²) in [7, 11) is 0. The number of amides is 3. The lowest BCUT2D eigenvalue weighted by Gasteiger charge is -2.34. The Hall–Kier alpha value is -2.25. The van der Waals surface area contributed by atoms with Crippen LogP contribution in [0.2, 0.25) is 0 Å². The van der Waals surface area contributed by atoms with Gasteiger partial charge in [0.05, 0.1) is 11.6 Å². The molecule has 0 saturated carbocycles. The molecule has 2 rings (SSSR count). The Morgan fingerprint density at radius 3 is 2.24 bits per heavy atom. The molecule has 1 aliphatic rings. The Morgan fingerprint density at radius 2 is 1.71 bits per heavy atom. The van der Waals surface area contributed by atoms with E-state index >= 15 is 0 Å². The molecule has 1 aliphatic heterocycles. The van der Waals surface area contributed by atoms with Gasteiger partial charge in [0.2, 0.25) is 5.91 Å². The summed E-state index contributed by atoms with van der Waals surface area (Å²) in [6, 6.07) is 3.64. The van der Waals surface area contributed by atoms with Crippen molar-refractivity contribution in [1.29, 1.82) is 0 Å². The van der Waals surface area contributed by atoms with E-state index in [1.807, 2.05) is 0 Å². The Bertz CT molecular complexity index is 557. The molecule has 1 heterocycles. The lowest BCUT2D eigenvalue weighted by Crippen LogP contribution is -2.58. The van der Waals surface area contributed by atoms with Crippen molar-refractivity contribution in [2.24, 2.45) is 5.92 Å². The van der Waals surface area contributed by atoms with Crippen LogP contribution < -0.4 is 15.0 Å². The second kappa shape index (κ2) is 5.27. The Kier molecular flexibility index (Phi) is 3.80. The number of nitrogens with zero attached hydrogens (tertiary/aromatic N) is 1. The SMILES string of the molecule is CC1NC(=O)N(c2ccc(OC(F)(F)F)cc2)C(=O)C1C. The monoisotopic (exact) mass is 302 g/mol. The summed E-state index contributed by atoms with van der Waals surface area (Å²) in [4.78, 5) is 24.9. The van der Waals surface area contributed by atoms with Gasteiger partial charge in [-0.05, 0) is 31.2 Å². The first-order valence-electron chi connectivity index (χ1n) is 6.19. The molecule has 0 aliphatic carbocycles. The minimum absolute atomic E-state index is 0.186. The van der Waals surface area contributed by atoms with Gasteiger partial charge in [-0.15, -0.1) is 13.2 Å². The maximum absolute atomic E-state index is 12.1. The van der Waals surface area contributed by atoms with Crippen LogP contribution in [0.3, 0.4) is 0 Å². The van der Waals surface area contributed by atoms with Crippen molar-refractivity contribution in [2.45, 2.75) is 26.3 Å². The molecular weight excluding hydrogens is 289 g/mol. The molecule has 1 saturated heterocycles. The largest absolute Gasteiger partial charge is 0.573 e. The summed E-state index contributed by atoms with van der Waals surface area (Å²) in [5.41, 5.74) is 0.186. The van der Waals surface area contributed by atoms with Crippen molar-refractivity contribution in [3.63, 3.8) is 0 Å². The summed E-state index contributed by atoms with van der Waals surface area (Å²) in [6.45, 7) is 3.37. The van der Waals surface area contributed by atoms with E-state index in [1.54, 1.807) is 13.8 Å². The molecular formula is C13H13F3N2O3. The highest BCUT2D eigenvalue weighted by atomic mass is 19.4. The van der Waals surface area contributed by atoms with Crippen molar-refractivity contribution in [1.82, 2.24) is 5.32 Å². The van der Waals surface area contributed by atoms with E-state index < -0.39 is 30.0 Å². The fourth-order valence-electron chi connectivity index (χ4n) is 1.94. The van der Waals surface area contributed by atoms with Gasteiger partial charge < -0.3 is 10.1 Å². The highest BCUT2D eigenvalue weighted by molar-refractivity contribution is 6.16. The fraction of sp³-hybridized carbons (Fsp3) is 0.385. The van der Waals surface area contributed by atoms with Crippen LogP contribution >= 0.6 is 0 Å². The van der Waals surface area contributed by atoms with E-state index in [2.05, 4.69) is 10.1 Å². The number of hydrogen-bond donors (Lipinski definition) is 1. The third-order valence-corrected chi connectivity index (χ3v) is 3.24. The van der Waals surface area contributed by atoms with Gasteiger partial charge in [-0.1, -0.05) is 6.92 Å². The fourth-order valence-corrected chi connectivity index (χ4v) is 1.94. The number of hydrogen-bond acceptors (Lipinski definition) is 3. The van der Waals surface area contributed by atoms with E-state index in [1.165, 1.54) is 12.1 Å². The van der Waals surface area contributed by atoms with Crippen LogP contribution in [-0.2, 0) is 4.79 Å². The van der Waals surface area contributed by atoms with Crippen LogP contribution in [0, 0.1) is 5.92 Å². The molecule has 114 valence electrons. The molecule has 1 N–H and O–H groups in total. The number of benzene rings is 1. The molecule has 3 amide bonds. The van der Waals surface area contributed by atoms with E-state index in [4.69, 9.17) is 0 Å². The Morgan fingerprint density at radius 1 is 1.14 bits per heavy atom. The highest BCUT2D eigenvalue weighted by Gasteiger charge is 2.37. The molecule has 0 spiro atoms. The number of imide groups is 1. The predicted molar refractivity (Wildman–Crippen MR) is 67.8 cm³/mol. The molecule has 5 nitrogen and oxygen atoms in total. The van der Waals surface area contributed by atoms with Gasteiger partial charge in [-0.2, -0.15) is 0 Å². The van der Waals surface area contributed by atoms with Crippen molar-refractivity contribution in [3.8, 4) is 5.75 Å². The average Bonchev–Trinajstić information content (AvgIpc) is 2.36. The second-order valence-electron chi connectivity index (χ2n) is 4.74. The molecule has 1 aromatic rings.